The van der Waals surface area contributed by atoms with E-state index in [4.69, 9.17) is 5.14 Å². The van der Waals surface area contributed by atoms with E-state index in [2.05, 4.69) is 13.2 Å². The lowest BCUT2D eigenvalue weighted by Gasteiger charge is -2.02. The molecule has 1 unspecified atom stereocenters. The fraction of sp³-hybridized carbons (Fsp3) is 0.167. The maximum Gasteiger partial charge on any atom is 0.122 e. The van der Waals surface area contributed by atoms with Gasteiger partial charge in [-0.05, 0) is 23.3 Å². The van der Waals surface area contributed by atoms with E-state index in [1.165, 1.54) is 0 Å². The Kier molecular flexibility index (Phi) is 6.58. The molecule has 0 aliphatic rings. The van der Waals surface area contributed by atoms with Crippen molar-refractivity contribution in [1.82, 2.24) is 0 Å². The van der Waals surface area contributed by atoms with Crippen LogP contribution in [-0.2, 0) is 11.0 Å². The zero-order chi connectivity index (χ0) is 11.8. The number of nitrogens with two attached hydrogens (primary N) is 1. The predicted molar refractivity (Wildman–Crippen MR) is 68.6 cm³/mol. The van der Waals surface area contributed by atoms with E-state index in [0.29, 0.717) is 4.90 Å². The molecule has 0 radical (unpaired) electrons. The molecule has 2 nitrogen and oxygen atoms in total. The first-order valence-electron chi connectivity index (χ1n) is 4.74. The molecule has 3 heteroatoms. The van der Waals surface area contributed by atoms with Crippen molar-refractivity contribution in [3.8, 4) is 0 Å². The molecule has 0 fully saturated rings. The Labute approximate surface area is 94.1 Å². The number of hydrogen-bond acceptors (Lipinski definition) is 1. The monoisotopic (exact) mass is 223 g/mol. The molecule has 82 valence electrons. The quantitative estimate of drug-likeness (QED) is 0.841. The van der Waals surface area contributed by atoms with Crippen molar-refractivity contribution in [2.24, 2.45) is 5.14 Å². The zero-order valence-electron chi connectivity index (χ0n) is 9.19. The Balaban J connectivity index is 0.000000921. The smallest absolute Gasteiger partial charge is 0.122 e. The maximum atomic E-state index is 10.9. The average molecular weight is 223 g/mol. The van der Waals surface area contributed by atoms with Crippen molar-refractivity contribution < 1.29 is 4.21 Å². The summed E-state index contributed by atoms with van der Waals surface area (Å²) in [5.41, 5.74) is 1.86. The first-order chi connectivity index (χ1) is 7.19. The second-order valence-corrected chi connectivity index (χ2v) is 3.56. The number of hydrogen-bond donors (Lipinski definition) is 1. The highest BCUT2D eigenvalue weighted by Gasteiger charge is 2.01. The lowest BCUT2D eigenvalue weighted by Crippen LogP contribution is -2.02. The van der Waals surface area contributed by atoms with E-state index in [0.717, 1.165) is 11.1 Å². The Morgan fingerprint density at radius 1 is 1.20 bits per heavy atom. The molecule has 0 bridgehead atoms. The third kappa shape index (κ3) is 3.81. The van der Waals surface area contributed by atoms with E-state index in [9.17, 15) is 4.21 Å². The van der Waals surface area contributed by atoms with E-state index in [-0.39, 0.29) is 0 Å². The molecular formula is C12H17NOS. The van der Waals surface area contributed by atoms with Crippen molar-refractivity contribution in [2.45, 2.75) is 18.7 Å². The van der Waals surface area contributed by atoms with Crippen LogP contribution in [-0.4, -0.2) is 4.21 Å². The van der Waals surface area contributed by atoms with E-state index in [1.807, 2.05) is 19.9 Å². The second-order valence-electron chi connectivity index (χ2n) is 2.50. The molecule has 0 aliphatic carbocycles. The minimum absolute atomic E-state index is 0.598. The van der Waals surface area contributed by atoms with Crippen LogP contribution >= 0.6 is 0 Å². The molecule has 1 aromatic rings. The Hall–Kier alpha value is -1.19. The molecule has 1 rings (SSSR count). The van der Waals surface area contributed by atoms with Crippen LogP contribution in [0.15, 0.2) is 36.3 Å². The molecule has 0 heterocycles. The summed E-state index contributed by atoms with van der Waals surface area (Å²) >= 11 is 0. The van der Waals surface area contributed by atoms with Gasteiger partial charge in [-0.15, -0.1) is 0 Å². The van der Waals surface area contributed by atoms with Gasteiger partial charge in [0.25, 0.3) is 0 Å². The van der Waals surface area contributed by atoms with E-state index < -0.39 is 11.0 Å². The molecule has 1 aromatic carbocycles. The summed E-state index contributed by atoms with van der Waals surface area (Å²) in [5, 5.41) is 5.24. The molecule has 0 aliphatic heterocycles. The largest absolute Gasteiger partial charge is 0.248 e. The van der Waals surface area contributed by atoms with Crippen LogP contribution in [0.5, 0.6) is 0 Å². The van der Waals surface area contributed by atoms with Gasteiger partial charge >= 0.3 is 0 Å². The molecule has 0 amide bonds. The topological polar surface area (TPSA) is 43.1 Å². The number of benzene rings is 1. The van der Waals surface area contributed by atoms with Gasteiger partial charge in [0.15, 0.2) is 0 Å². The normalized spacial score (nSPS) is 10.9. The lowest BCUT2D eigenvalue weighted by molar-refractivity contribution is 0.684. The van der Waals surface area contributed by atoms with Crippen molar-refractivity contribution in [3.05, 3.63) is 42.5 Å². The van der Waals surface area contributed by atoms with Crippen molar-refractivity contribution in [1.29, 1.82) is 0 Å². The summed E-state index contributed by atoms with van der Waals surface area (Å²) in [6.45, 7) is 11.3. The summed E-state index contributed by atoms with van der Waals surface area (Å²) in [5.74, 6) is 0. The van der Waals surface area contributed by atoms with Crippen LogP contribution in [0, 0.1) is 0 Å². The fourth-order valence-corrected chi connectivity index (χ4v) is 1.49. The summed E-state index contributed by atoms with van der Waals surface area (Å²) < 4.78 is 10.9. The summed E-state index contributed by atoms with van der Waals surface area (Å²) in [4.78, 5) is 0.598. The van der Waals surface area contributed by atoms with Gasteiger partial charge in [-0.1, -0.05) is 45.2 Å². The van der Waals surface area contributed by atoms with Gasteiger partial charge in [0, 0.05) is 0 Å². The average Bonchev–Trinajstić information content (AvgIpc) is 2.30. The van der Waals surface area contributed by atoms with Crippen molar-refractivity contribution in [2.75, 3.05) is 0 Å². The van der Waals surface area contributed by atoms with Gasteiger partial charge < -0.3 is 0 Å². The van der Waals surface area contributed by atoms with Gasteiger partial charge in [0.2, 0.25) is 0 Å². The molecular weight excluding hydrogens is 206 g/mol. The van der Waals surface area contributed by atoms with Crippen LogP contribution in [0.25, 0.3) is 12.2 Å². The van der Waals surface area contributed by atoms with E-state index in [1.54, 1.807) is 24.3 Å². The van der Waals surface area contributed by atoms with Gasteiger partial charge in [-0.25, -0.2) is 9.35 Å². The van der Waals surface area contributed by atoms with Gasteiger partial charge in [0.1, 0.15) is 11.0 Å². The fourth-order valence-electron chi connectivity index (χ4n) is 1.04. The number of rotatable bonds is 3. The van der Waals surface area contributed by atoms with Crippen LogP contribution < -0.4 is 5.14 Å². The Morgan fingerprint density at radius 3 is 2.13 bits per heavy atom. The van der Waals surface area contributed by atoms with Gasteiger partial charge in [-0.2, -0.15) is 0 Å². The van der Waals surface area contributed by atoms with Gasteiger partial charge in [-0.3, -0.25) is 0 Å². The molecule has 0 saturated carbocycles. The molecule has 0 saturated heterocycles. The lowest BCUT2D eigenvalue weighted by atomic mass is 10.1. The highest BCUT2D eigenvalue weighted by atomic mass is 32.2. The SMILES string of the molecule is C=Cc1ccc(S(N)=O)cc1C=C.CC. The summed E-state index contributed by atoms with van der Waals surface area (Å²) in [6, 6.07) is 5.30. The summed E-state index contributed by atoms with van der Waals surface area (Å²) in [7, 11) is -1.43. The minimum atomic E-state index is -1.43. The third-order valence-electron chi connectivity index (χ3n) is 1.73. The summed E-state index contributed by atoms with van der Waals surface area (Å²) in [6.07, 6.45) is 3.41. The van der Waals surface area contributed by atoms with Crippen molar-refractivity contribution >= 4 is 23.1 Å². The first-order valence-corrected chi connectivity index (χ1v) is 5.95. The van der Waals surface area contributed by atoms with Gasteiger partial charge in [0.05, 0.1) is 4.90 Å². The van der Waals surface area contributed by atoms with E-state index >= 15 is 0 Å². The Bertz CT molecular complexity index is 372. The third-order valence-corrected chi connectivity index (χ3v) is 2.45. The van der Waals surface area contributed by atoms with Crippen LogP contribution in [0.1, 0.15) is 25.0 Å². The molecule has 2 N–H and O–H groups in total. The van der Waals surface area contributed by atoms with Crippen LogP contribution in [0.4, 0.5) is 0 Å². The Morgan fingerprint density at radius 2 is 1.73 bits per heavy atom. The predicted octanol–water partition coefficient (Wildman–Crippen LogP) is 2.98. The maximum absolute atomic E-state index is 10.9. The standard InChI is InChI=1S/C10H11NOS.C2H6/c1-3-8-5-6-10(13(11)12)7-9(8)4-2;1-2/h3-7H,1-2,11H2;1-2H3. The highest BCUT2D eigenvalue weighted by molar-refractivity contribution is 7.82. The molecule has 1 atom stereocenters. The molecule has 15 heavy (non-hydrogen) atoms. The minimum Gasteiger partial charge on any atom is -0.248 e. The van der Waals surface area contributed by atoms with Crippen LogP contribution in [0.3, 0.4) is 0 Å². The first kappa shape index (κ1) is 13.8. The van der Waals surface area contributed by atoms with Crippen molar-refractivity contribution in [3.63, 3.8) is 0 Å². The molecule has 0 aromatic heterocycles. The zero-order valence-corrected chi connectivity index (χ0v) is 10.0. The molecule has 0 spiro atoms. The highest BCUT2D eigenvalue weighted by Crippen LogP contribution is 2.15. The second kappa shape index (κ2) is 7.15. The van der Waals surface area contributed by atoms with Crippen LogP contribution in [0.2, 0.25) is 0 Å².